The molecule has 11 nitrogen and oxygen atoms in total. The Balaban J connectivity index is 1.62. The van der Waals surface area contributed by atoms with E-state index in [-0.39, 0.29) is 31.1 Å². The van der Waals surface area contributed by atoms with Crippen molar-refractivity contribution in [2.75, 3.05) is 11.9 Å². The number of amides is 3. The SMILES string of the molecule is CCOC(=O)C(OC(=O)ON1C(=O)CCC1=O)c1ccc(NC(=O)OC2/C=C/CCCCC2)cc1. The number of nitrogens with one attached hydrogen (secondary N) is 1. The molecule has 0 saturated carbocycles. The molecule has 2 aliphatic rings. The highest BCUT2D eigenvalue weighted by molar-refractivity contribution is 6.01. The molecular formula is C24H28N2O9. The van der Waals surface area contributed by atoms with Gasteiger partial charge in [-0.15, -0.1) is 0 Å². The molecule has 0 spiro atoms. The van der Waals surface area contributed by atoms with Crippen molar-refractivity contribution in [3.05, 3.63) is 42.0 Å². The van der Waals surface area contributed by atoms with Gasteiger partial charge in [-0.1, -0.05) is 29.7 Å². The lowest BCUT2D eigenvalue weighted by molar-refractivity contribution is -0.181. The highest BCUT2D eigenvalue weighted by atomic mass is 16.8. The molecule has 0 bridgehead atoms. The van der Waals surface area contributed by atoms with Crippen LogP contribution in [0.1, 0.15) is 63.5 Å². The Labute approximate surface area is 202 Å². The number of ether oxygens (including phenoxy) is 3. The molecule has 35 heavy (non-hydrogen) atoms. The summed E-state index contributed by atoms with van der Waals surface area (Å²) in [6.07, 6.45) is 4.83. The number of nitrogens with zero attached hydrogens (tertiary/aromatic N) is 1. The zero-order valence-corrected chi connectivity index (χ0v) is 19.4. The van der Waals surface area contributed by atoms with Crippen molar-refractivity contribution in [3.63, 3.8) is 0 Å². The van der Waals surface area contributed by atoms with Gasteiger partial charge in [-0.25, -0.2) is 14.4 Å². The maximum absolute atomic E-state index is 12.4. The van der Waals surface area contributed by atoms with Crippen molar-refractivity contribution >= 4 is 35.7 Å². The van der Waals surface area contributed by atoms with E-state index in [0.717, 1.165) is 32.1 Å². The molecule has 1 aliphatic carbocycles. The number of anilines is 1. The first-order valence-corrected chi connectivity index (χ1v) is 11.5. The summed E-state index contributed by atoms with van der Waals surface area (Å²) in [5.74, 6) is -2.24. The molecule has 1 aliphatic heterocycles. The molecule has 1 saturated heterocycles. The largest absolute Gasteiger partial charge is 0.535 e. The molecule has 3 amide bonds. The average molecular weight is 488 g/mol. The summed E-state index contributed by atoms with van der Waals surface area (Å²) in [4.78, 5) is 64.7. The third kappa shape index (κ3) is 7.56. The van der Waals surface area contributed by atoms with Crippen molar-refractivity contribution in [2.45, 2.75) is 64.1 Å². The number of esters is 1. The molecule has 3 rings (SSSR count). The van der Waals surface area contributed by atoms with E-state index in [1.807, 2.05) is 12.2 Å². The standard InChI is InChI=1S/C24H28N2O9/c1-2-32-22(29)21(34-24(31)35-26-19(27)14-15-20(26)28)16-10-12-17(13-11-16)25-23(30)33-18-8-6-4-3-5-7-9-18/h6,8,10-13,18,21H,2-5,7,9,14-15H2,1H3,(H,25,30)/b8-6+. The minimum atomic E-state index is -1.52. The highest BCUT2D eigenvalue weighted by Gasteiger charge is 2.35. The van der Waals surface area contributed by atoms with Crippen LogP contribution in [-0.2, 0) is 33.4 Å². The lowest BCUT2D eigenvalue weighted by atomic mass is 10.0. The van der Waals surface area contributed by atoms with Gasteiger partial charge in [0.25, 0.3) is 11.8 Å². The number of benzene rings is 1. The van der Waals surface area contributed by atoms with Gasteiger partial charge in [-0.05, 0) is 50.8 Å². The van der Waals surface area contributed by atoms with Gasteiger partial charge in [0.15, 0.2) is 0 Å². The quantitative estimate of drug-likeness (QED) is 0.262. The fourth-order valence-electron chi connectivity index (χ4n) is 3.57. The lowest BCUT2D eigenvalue weighted by Gasteiger charge is -2.19. The summed E-state index contributed by atoms with van der Waals surface area (Å²) < 4.78 is 15.5. The minimum Gasteiger partial charge on any atom is -0.463 e. The van der Waals surface area contributed by atoms with Crippen molar-refractivity contribution in [1.29, 1.82) is 0 Å². The number of hydroxylamine groups is 2. The van der Waals surface area contributed by atoms with Gasteiger partial charge in [0.05, 0.1) is 6.61 Å². The third-order valence-corrected chi connectivity index (χ3v) is 5.31. The number of hydrogen-bond acceptors (Lipinski definition) is 9. The first-order chi connectivity index (χ1) is 16.9. The van der Waals surface area contributed by atoms with Crippen molar-refractivity contribution in [2.24, 2.45) is 0 Å². The molecule has 1 aromatic carbocycles. The minimum absolute atomic E-state index is 0.0257. The second kappa shape index (κ2) is 12.5. The molecule has 0 aromatic heterocycles. The van der Waals surface area contributed by atoms with Crippen LogP contribution in [0.2, 0.25) is 0 Å². The maximum atomic E-state index is 12.4. The monoisotopic (exact) mass is 488 g/mol. The fourth-order valence-corrected chi connectivity index (χ4v) is 3.57. The Morgan fingerprint density at radius 3 is 2.46 bits per heavy atom. The summed E-state index contributed by atoms with van der Waals surface area (Å²) >= 11 is 0. The van der Waals surface area contributed by atoms with Gasteiger partial charge in [-0.2, -0.15) is 0 Å². The van der Waals surface area contributed by atoms with Crippen LogP contribution in [0.15, 0.2) is 36.4 Å². The van der Waals surface area contributed by atoms with Crippen molar-refractivity contribution < 1.29 is 43.0 Å². The molecule has 2 unspecified atom stereocenters. The lowest BCUT2D eigenvalue weighted by Crippen LogP contribution is -2.33. The van der Waals surface area contributed by atoms with Crippen molar-refractivity contribution in [3.8, 4) is 0 Å². The molecular weight excluding hydrogens is 460 g/mol. The first-order valence-electron chi connectivity index (χ1n) is 11.5. The number of carbonyl (C=O) groups is 5. The average Bonchev–Trinajstić information content (AvgIpc) is 3.12. The number of hydrogen-bond donors (Lipinski definition) is 1. The van der Waals surface area contributed by atoms with Crippen LogP contribution in [0.25, 0.3) is 0 Å². The van der Waals surface area contributed by atoms with Gasteiger partial charge in [0.1, 0.15) is 6.10 Å². The summed E-state index contributed by atoms with van der Waals surface area (Å²) in [7, 11) is 0. The second-order valence-corrected chi connectivity index (χ2v) is 7.93. The molecule has 11 heteroatoms. The van der Waals surface area contributed by atoms with E-state index in [4.69, 9.17) is 14.2 Å². The Morgan fingerprint density at radius 1 is 1.06 bits per heavy atom. The smallest absolute Gasteiger partial charge is 0.463 e. The van der Waals surface area contributed by atoms with Crippen molar-refractivity contribution in [1.82, 2.24) is 5.06 Å². The molecule has 1 N–H and O–H groups in total. The Bertz CT molecular complexity index is 958. The molecule has 188 valence electrons. The van der Waals surface area contributed by atoms with Crippen LogP contribution in [0.5, 0.6) is 0 Å². The molecule has 2 atom stereocenters. The summed E-state index contributed by atoms with van der Waals surface area (Å²) in [5.41, 5.74) is 0.619. The second-order valence-electron chi connectivity index (χ2n) is 7.93. The molecule has 1 heterocycles. The van der Waals surface area contributed by atoms with Gasteiger partial charge < -0.3 is 14.2 Å². The molecule has 1 aromatic rings. The van der Waals surface area contributed by atoms with Crippen LogP contribution in [0, 0.1) is 0 Å². The Morgan fingerprint density at radius 2 is 1.77 bits per heavy atom. The zero-order chi connectivity index (χ0) is 25.2. The van der Waals surface area contributed by atoms with Crippen LogP contribution < -0.4 is 5.32 Å². The zero-order valence-electron chi connectivity index (χ0n) is 19.4. The Hall–Kier alpha value is -3.89. The van der Waals surface area contributed by atoms with E-state index in [0.29, 0.717) is 10.8 Å². The van der Waals surface area contributed by atoms with E-state index in [2.05, 4.69) is 10.2 Å². The van der Waals surface area contributed by atoms with Crippen LogP contribution in [0.4, 0.5) is 15.3 Å². The van der Waals surface area contributed by atoms with Crippen LogP contribution in [0.3, 0.4) is 0 Å². The fraction of sp³-hybridized carbons (Fsp3) is 0.458. The number of carbonyl (C=O) groups excluding carboxylic acids is 5. The molecule has 1 fully saturated rings. The summed E-state index contributed by atoms with van der Waals surface area (Å²) in [6, 6.07) is 5.90. The third-order valence-electron chi connectivity index (χ3n) is 5.31. The van der Waals surface area contributed by atoms with E-state index in [9.17, 15) is 24.0 Å². The van der Waals surface area contributed by atoms with E-state index >= 15 is 0 Å². The van der Waals surface area contributed by atoms with E-state index < -0.39 is 36.1 Å². The van der Waals surface area contributed by atoms with Gasteiger partial charge in [0.2, 0.25) is 6.10 Å². The van der Waals surface area contributed by atoms with Gasteiger partial charge >= 0.3 is 18.2 Å². The molecule has 0 radical (unpaired) electrons. The highest BCUT2D eigenvalue weighted by Crippen LogP contribution is 2.24. The summed E-state index contributed by atoms with van der Waals surface area (Å²) in [6.45, 7) is 1.61. The van der Waals surface area contributed by atoms with Gasteiger partial charge in [-0.3, -0.25) is 19.7 Å². The topological polar surface area (TPSA) is 138 Å². The predicted octanol–water partition coefficient (Wildman–Crippen LogP) is 3.95. The summed E-state index contributed by atoms with van der Waals surface area (Å²) in [5, 5.41) is 2.93. The number of rotatable bonds is 7. The number of allylic oxidation sites excluding steroid dienone is 1. The van der Waals surface area contributed by atoms with E-state index in [1.165, 1.54) is 24.3 Å². The van der Waals surface area contributed by atoms with Gasteiger partial charge in [0, 0.05) is 24.1 Å². The van der Waals surface area contributed by atoms with Crippen LogP contribution in [-0.4, -0.2) is 47.8 Å². The normalized spacial score (nSPS) is 19.7. The van der Waals surface area contributed by atoms with E-state index in [1.54, 1.807) is 6.92 Å². The first kappa shape index (κ1) is 25.7. The predicted molar refractivity (Wildman–Crippen MR) is 121 cm³/mol. The Kier molecular flexibility index (Phi) is 9.22. The van der Waals surface area contributed by atoms with Crippen LogP contribution >= 0.6 is 0 Å². The number of imide groups is 1. The maximum Gasteiger partial charge on any atom is 0.535 e.